The summed E-state index contributed by atoms with van der Waals surface area (Å²) in [6.45, 7) is 2.68. The lowest BCUT2D eigenvalue weighted by molar-refractivity contribution is 0.143. The van der Waals surface area contributed by atoms with Gasteiger partial charge in [0.1, 0.15) is 0 Å². The summed E-state index contributed by atoms with van der Waals surface area (Å²) in [5, 5.41) is 13.5. The van der Waals surface area contributed by atoms with Crippen LogP contribution >= 0.6 is 0 Å². The van der Waals surface area contributed by atoms with Gasteiger partial charge in [-0.1, -0.05) is 44.0 Å². The van der Waals surface area contributed by atoms with Crippen molar-refractivity contribution in [3.05, 3.63) is 35.4 Å². The molecule has 1 aromatic carbocycles. The molecule has 20 heavy (non-hydrogen) atoms. The highest BCUT2D eigenvalue weighted by atomic mass is 16.3. The van der Waals surface area contributed by atoms with Crippen molar-refractivity contribution < 1.29 is 5.11 Å². The zero-order chi connectivity index (χ0) is 13.9. The van der Waals surface area contributed by atoms with Crippen molar-refractivity contribution in [3.63, 3.8) is 0 Å². The van der Waals surface area contributed by atoms with Crippen molar-refractivity contribution >= 4 is 0 Å². The number of aliphatic hydroxyl groups excluding tert-OH is 1. The van der Waals surface area contributed by atoms with Gasteiger partial charge in [-0.3, -0.25) is 0 Å². The fraction of sp³-hybridized carbons (Fsp3) is 0.667. The maximum Gasteiger partial charge on any atom is 0.0474 e. The van der Waals surface area contributed by atoms with E-state index < -0.39 is 0 Å². The van der Waals surface area contributed by atoms with Crippen LogP contribution in [0.5, 0.6) is 0 Å². The van der Waals surface area contributed by atoms with Crippen LogP contribution in [0.3, 0.4) is 0 Å². The third-order valence-electron chi connectivity index (χ3n) is 5.35. The molecule has 0 aromatic heterocycles. The van der Waals surface area contributed by atoms with Crippen LogP contribution in [0.25, 0.3) is 0 Å². The van der Waals surface area contributed by atoms with Crippen LogP contribution in [0, 0.1) is 5.92 Å². The summed E-state index contributed by atoms with van der Waals surface area (Å²) < 4.78 is 0. The Bertz CT molecular complexity index is 445. The molecule has 0 heterocycles. The van der Waals surface area contributed by atoms with Crippen LogP contribution in [0.4, 0.5) is 0 Å². The Labute approximate surface area is 122 Å². The van der Waals surface area contributed by atoms with Crippen LogP contribution < -0.4 is 5.32 Å². The van der Waals surface area contributed by atoms with Crippen molar-refractivity contribution in [2.75, 3.05) is 6.61 Å². The van der Waals surface area contributed by atoms with E-state index in [4.69, 9.17) is 0 Å². The fourth-order valence-corrected chi connectivity index (χ4v) is 4.08. The predicted octanol–water partition coefficient (Wildman–Crippen LogP) is 3.77. The quantitative estimate of drug-likeness (QED) is 0.878. The number of hydrogen-bond donors (Lipinski definition) is 2. The average Bonchev–Trinajstić information content (AvgIpc) is 2.51. The Hall–Kier alpha value is -0.860. The first kappa shape index (κ1) is 14.1. The Morgan fingerprint density at radius 1 is 1.05 bits per heavy atom. The molecule has 0 radical (unpaired) electrons. The van der Waals surface area contributed by atoms with Crippen molar-refractivity contribution in [2.24, 2.45) is 5.92 Å². The molecule has 2 nitrogen and oxygen atoms in total. The fourth-order valence-electron chi connectivity index (χ4n) is 4.08. The maximum atomic E-state index is 9.59. The number of nitrogens with one attached hydrogen (secondary N) is 1. The van der Waals surface area contributed by atoms with Crippen LogP contribution in [0.15, 0.2) is 24.3 Å². The lowest BCUT2D eigenvalue weighted by atomic mass is 9.79. The highest BCUT2D eigenvalue weighted by molar-refractivity contribution is 5.35. The summed E-state index contributed by atoms with van der Waals surface area (Å²) in [5.74, 6) is 1.14. The zero-order valence-corrected chi connectivity index (χ0v) is 12.5. The highest BCUT2D eigenvalue weighted by Gasteiger charge is 2.30. The van der Waals surface area contributed by atoms with Crippen LogP contribution in [0.2, 0.25) is 0 Å². The SMILES string of the molecule is CC1CCC(NC2CCCCC2CO)c2ccccc21. The van der Waals surface area contributed by atoms with Gasteiger partial charge >= 0.3 is 0 Å². The van der Waals surface area contributed by atoms with Crippen LogP contribution in [-0.2, 0) is 0 Å². The van der Waals surface area contributed by atoms with Crippen molar-refractivity contribution in [2.45, 2.75) is 63.5 Å². The summed E-state index contributed by atoms with van der Waals surface area (Å²) in [5.41, 5.74) is 3.01. The number of rotatable bonds is 3. The minimum Gasteiger partial charge on any atom is -0.396 e. The van der Waals surface area contributed by atoms with E-state index in [2.05, 4.69) is 36.5 Å². The summed E-state index contributed by atoms with van der Waals surface area (Å²) in [6, 6.07) is 9.89. The second-order valence-electron chi connectivity index (χ2n) is 6.66. The monoisotopic (exact) mass is 273 g/mol. The van der Waals surface area contributed by atoms with Gasteiger partial charge in [-0.25, -0.2) is 0 Å². The summed E-state index contributed by atoms with van der Waals surface area (Å²) in [7, 11) is 0. The molecule has 2 aliphatic carbocycles. The van der Waals surface area contributed by atoms with Crippen molar-refractivity contribution in [1.82, 2.24) is 5.32 Å². The van der Waals surface area contributed by atoms with E-state index in [1.165, 1.54) is 49.7 Å². The first-order valence-corrected chi connectivity index (χ1v) is 8.25. The molecule has 2 heteroatoms. The molecule has 0 spiro atoms. The first-order valence-electron chi connectivity index (χ1n) is 8.25. The van der Waals surface area contributed by atoms with Crippen LogP contribution in [-0.4, -0.2) is 17.8 Å². The predicted molar refractivity (Wildman–Crippen MR) is 82.8 cm³/mol. The van der Waals surface area contributed by atoms with E-state index in [9.17, 15) is 5.11 Å². The van der Waals surface area contributed by atoms with Gasteiger partial charge in [-0.2, -0.15) is 0 Å². The van der Waals surface area contributed by atoms with E-state index in [1.807, 2.05) is 0 Å². The van der Waals surface area contributed by atoms with Gasteiger partial charge in [0, 0.05) is 18.7 Å². The largest absolute Gasteiger partial charge is 0.396 e. The molecule has 2 N–H and O–H groups in total. The standard InChI is InChI=1S/C18H27NO/c1-13-10-11-18(16-8-4-3-7-15(13)16)19-17-9-5-2-6-14(17)12-20/h3-4,7-8,13-14,17-20H,2,5-6,9-12H2,1H3. The molecule has 1 aromatic rings. The number of fused-ring (bicyclic) bond motifs is 1. The van der Waals surface area contributed by atoms with Gasteiger partial charge in [0.2, 0.25) is 0 Å². The Morgan fingerprint density at radius 2 is 1.80 bits per heavy atom. The average molecular weight is 273 g/mol. The number of hydrogen-bond acceptors (Lipinski definition) is 2. The molecule has 3 rings (SSSR count). The normalized spacial score (nSPS) is 33.7. The first-order chi connectivity index (χ1) is 9.79. The minimum atomic E-state index is 0.336. The number of benzene rings is 1. The van der Waals surface area contributed by atoms with E-state index in [1.54, 1.807) is 0 Å². The second kappa shape index (κ2) is 6.28. The van der Waals surface area contributed by atoms with E-state index in [-0.39, 0.29) is 0 Å². The summed E-state index contributed by atoms with van der Waals surface area (Å²) >= 11 is 0. The van der Waals surface area contributed by atoms with Gasteiger partial charge in [0.25, 0.3) is 0 Å². The molecule has 110 valence electrons. The molecule has 1 fully saturated rings. The smallest absolute Gasteiger partial charge is 0.0474 e. The van der Waals surface area contributed by atoms with Gasteiger partial charge in [0.05, 0.1) is 0 Å². The van der Waals surface area contributed by atoms with Gasteiger partial charge < -0.3 is 10.4 Å². The second-order valence-corrected chi connectivity index (χ2v) is 6.66. The molecule has 1 saturated carbocycles. The third kappa shape index (κ3) is 2.77. The van der Waals surface area contributed by atoms with Crippen LogP contribution in [0.1, 0.15) is 68.5 Å². The molecular weight excluding hydrogens is 246 g/mol. The number of aliphatic hydroxyl groups is 1. The molecular formula is C18H27NO. The molecule has 4 atom stereocenters. The van der Waals surface area contributed by atoms with Gasteiger partial charge in [0.15, 0.2) is 0 Å². The summed E-state index contributed by atoms with van der Waals surface area (Å²) in [6.07, 6.45) is 7.48. The van der Waals surface area contributed by atoms with E-state index >= 15 is 0 Å². The molecule has 2 aliphatic rings. The van der Waals surface area contributed by atoms with Crippen molar-refractivity contribution in [3.8, 4) is 0 Å². The lowest BCUT2D eigenvalue weighted by Crippen LogP contribution is -2.43. The Balaban J connectivity index is 1.76. The molecule has 0 aliphatic heterocycles. The van der Waals surface area contributed by atoms with E-state index in [0.29, 0.717) is 30.5 Å². The van der Waals surface area contributed by atoms with E-state index in [0.717, 1.165) is 0 Å². The topological polar surface area (TPSA) is 32.3 Å². The zero-order valence-electron chi connectivity index (χ0n) is 12.5. The third-order valence-corrected chi connectivity index (χ3v) is 5.35. The molecule has 0 amide bonds. The maximum absolute atomic E-state index is 9.59. The molecule has 0 saturated heterocycles. The van der Waals surface area contributed by atoms with Gasteiger partial charge in [-0.05, 0) is 48.6 Å². The Kier molecular flexibility index (Phi) is 4.42. The molecule has 0 bridgehead atoms. The Morgan fingerprint density at radius 3 is 2.60 bits per heavy atom. The lowest BCUT2D eigenvalue weighted by Gasteiger charge is -2.37. The van der Waals surface area contributed by atoms with Crippen molar-refractivity contribution in [1.29, 1.82) is 0 Å². The van der Waals surface area contributed by atoms with Gasteiger partial charge in [-0.15, -0.1) is 0 Å². The minimum absolute atomic E-state index is 0.336. The highest BCUT2D eigenvalue weighted by Crippen LogP contribution is 2.38. The molecule has 4 unspecified atom stereocenters. The summed E-state index contributed by atoms with van der Waals surface area (Å²) in [4.78, 5) is 0.